The van der Waals surface area contributed by atoms with Gasteiger partial charge >= 0.3 is 6.09 Å². The number of nitrogens with one attached hydrogen (secondary N) is 1. The lowest BCUT2D eigenvalue weighted by molar-refractivity contribution is 0.200. The van der Waals surface area contributed by atoms with Crippen molar-refractivity contribution in [1.29, 1.82) is 0 Å². The van der Waals surface area contributed by atoms with Gasteiger partial charge in [-0.25, -0.2) is 4.79 Å². The molecule has 0 bridgehead atoms. The van der Waals surface area contributed by atoms with Gasteiger partial charge in [-0.1, -0.05) is 42.5 Å². The third kappa shape index (κ3) is 5.42. The fraction of sp³-hybridized carbons (Fsp3) is 0.316. The number of hydrogen-bond donors (Lipinski definition) is 1. The van der Waals surface area contributed by atoms with E-state index in [1.807, 2.05) is 62.6 Å². The van der Waals surface area contributed by atoms with Gasteiger partial charge in [0.05, 0.1) is 0 Å². The summed E-state index contributed by atoms with van der Waals surface area (Å²) in [7, 11) is 4.04. The molecule has 0 heterocycles. The number of benzene rings is 2. The number of amides is 1. The van der Waals surface area contributed by atoms with Crippen molar-refractivity contribution in [3.63, 3.8) is 0 Å². The van der Waals surface area contributed by atoms with Gasteiger partial charge in [0.25, 0.3) is 0 Å². The molecule has 0 aliphatic heterocycles. The Morgan fingerprint density at radius 1 is 1.13 bits per heavy atom. The zero-order chi connectivity index (χ0) is 16.7. The van der Waals surface area contributed by atoms with Crippen molar-refractivity contribution >= 4 is 6.09 Å². The first-order chi connectivity index (χ1) is 11.1. The minimum Gasteiger partial charge on any atom is -0.410 e. The molecule has 1 unspecified atom stereocenters. The maximum Gasteiger partial charge on any atom is 0.412 e. The molecule has 1 N–H and O–H groups in total. The average Bonchev–Trinajstić information content (AvgIpc) is 2.55. The van der Waals surface area contributed by atoms with E-state index >= 15 is 0 Å². The standard InChI is InChI=1S/C19H24N2O2/c1-15(21(2)3)17-10-7-11-18(14-17)23-19(22)20-13-12-16-8-5-4-6-9-16/h4-11,14-15H,12-13H2,1-3H3,(H,20,22). The van der Waals surface area contributed by atoms with E-state index in [9.17, 15) is 4.79 Å². The highest BCUT2D eigenvalue weighted by molar-refractivity contribution is 5.70. The quantitative estimate of drug-likeness (QED) is 0.885. The first-order valence-corrected chi connectivity index (χ1v) is 7.82. The smallest absolute Gasteiger partial charge is 0.410 e. The van der Waals surface area contributed by atoms with Crippen LogP contribution in [0.15, 0.2) is 54.6 Å². The lowest BCUT2D eigenvalue weighted by atomic mass is 10.1. The summed E-state index contributed by atoms with van der Waals surface area (Å²) >= 11 is 0. The average molecular weight is 312 g/mol. The van der Waals surface area contributed by atoms with Crippen LogP contribution in [0, 0.1) is 0 Å². The lowest BCUT2D eigenvalue weighted by Gasteiger charge is -2.20. The SMILES string of the molecule is CC(c1cccc(OC(=O)NCCc2ccccc2)c1)N(C)C. The number of rotatable bonds is 6. The van der Waals surface area contributed by atoms with E-state index in [1.165, 1.54) is 5.56 Å². The van der Waals surface area contributed by atoms with Crippen molar-refractivity contribution < 1.29 is 9.53 Å². The molecule has 4 nitrogen and oxygen atoms in total. The van der Waals surface area contributed by atoms with Crippen LogP contribution in [0.2, 0.25) is 0 Å². The van der Waals surface area contributed by atoms with Crippen molar-refractivity contribution in [3.05, 3.63) is 65.7 Å². The Balaban J connectivity index is 1.84. The third-order valence-electron chi connectivity index (χ3n) is 3.85. The summed E-state index contributed by atoms with van der Waals surface area (Å²) in [6.07, 6.45) is 0.365. The van der Waals surface area contributed by atoms with Gasteiger partial charge in [0.15, 0.2) is 0 Å². The zero-order valence-electron chi connectivity index (χ0n) is 14.0. The maximum absolute atomic E-state index is 11.9. The summed E-state index contributed by atoms with van der Waals surface area (Å²) in [4.78, 5) is 14.0. The number of ether oxygens (including phenoxy) is 1. The Bertz CT molecular complexity index is 626. The highest BCUT2D eigenvalue weighted by Gasteiger charge is 2.10. The van der Waals surface area contributed by atoms with E-state index in [4.69, 9.17) is 4.74 Å². The number of nitrogens with zero attached hydrogens (tertiary/aromatic N) is 1. The molecule has 2 aromatic rings. The summed E-state index contributed by atoms with van der Waals surface area (Å²) in [5.74, 6) is 0.563. The fourth-order valence-electron chi connectivity index (χ4n) is 2.23. The molecule has 2 rings (SSSR count). The van der Waals surface area contributed by atoms with Gasteiger partial charge in [0.2, 0.25) is 0 Å². The van der Waals surface area contributed by atoms with Gasteiger partial charge in [0.1, 0.15) is 5.75 Å². The van der Waals surface area contributed by atoms with Gasteiger partial charge in [0, 0.05) is 12.6 Å². The summed E-state index contributed by atoms with van der Waals surface area (Å²) < 4.78 is 5.35. The molecule has 1 atom stereocenters. The lowest BCUT2D eigenvalue weighted by Crippen LogP contribution is -2.28. The van der Waals surface area contributed by atoms with E-state index in [0.717, 1.165) is 12.0 Å². The first kappa shape index (κ1) is 17.0. The second-order valence-corrected chi connectivity index (χ2v) is 5.76. The second-order valence-electron chi connectivity index (χ2n) is 5.76. The molecular formula is C19H24N2O2. The van der Waals surface area contributed by atoms with Crippen LogP contribution in [0.1, 0.15) is 24.1 Å². The molecule has 0 aromatic heterocycles. The second kappa shape index (κ2) is 8.34. The van der Waals surface area contributed by atoms with Gasteiger partial charge in [-0.05, 0) is 50.7 Å². The highest BCUT2D eigenvalue weighted by Crippen LogP contribution is 2.22. The Morgan fingerprint density at radius 2 is 1.87 bits per heavy atom. The predicted octanol–water partition coefficient (Wildman–Crippen LogP) is 3.64. The molecule has 0 saturated heterocycles. The van der Waals surface area contributed by atoms with E-state index < -0.39 is 6.09 Å². The molecule has 23 heavy (non-hydrogen) atoms. The monoisotopic (exact) mass is 312 g/mol. The summed E-state index contributed by atoms with van der Waals surface area (Å²) in [5.41, 5.74) is 2.30. The van der Waals surface area contributed by atoms with Crippen LogP contribution in [0.5, 0.6) is 5.75 Å². The molecule has 0 saturated carbocycles. The van der Waals surface area contributed by atoms with Crippen molar-refractivity contribution in [1.82, 2.24) is 10.2 Å². The van der Waals surface area contributed by atoms with Crippen molar-refractivity contribution in [2.24, 2.45) is 0 Å². The van der Waals surface area contributed by atoms with Gasteiger partial charge < -0.3 is 15.0 Å². The molecule has 4 heteroatoms. The molecule has 0 spiro atoms. The maximum atomic E-state index is 11.9. The molecule has 122 valence electrons. The minimum absolute atomic E-state index is 0.264. The van der Waals surface area contributed by atoms with Crippen molar-refractivity contribution in [2.45, 2.75) is 19.4 Å². The first-order valence-electron chi connectivity index (χ1n) is 7.82. The van der Waals surface area contributed by atoms with Crippen LogP contribution in [0.25, 0.3) is 0 Å². The predicted molar refractivity (Wildman–Crippen MR) is 92.7 cm³/mol. The minimum atomic E-state index is -0.421. The Kier molecular flexibility index (Phi) is 6.18. The van der Waals surface area contributed by atoms with E-state index in [1.54, 1.807) is 6.07 Å². The van der Waals surface area contributed by atoms with Crippen LogP contribution >= 0.6 is 0 Å². The van der Waals surface area contributed by atoms with Crippen LogP contribution in [-0.2, 0) is 6.42 Å². The van der Waals surface area contributed by atoms with E-state index in [2.05, 4.69) is 17.1 Å². The molecule has 0 radical (unpaired) electrons. The third-order valence-corrected chi connectivity index (χ3v) is 3.85. The summed E-state index contributed by atoms with van der Waals surface area (Å²) in [6.45, 7) is 2.66. The molecule has 0 aliphatic rings. The topological polar surface area (TPSA) is 41.6 Å². The van der Waals surface area contributed by atoms with Crippen LogP contribution in [-0.4, -0.2) is 31.6 Å². The van der Waals surface area contributed by atoms with E-state index in [0.29, 0.717) is 12.3 Å². The Morgan fingerprint density at radius 3 is 2.57 bits per heavy atom. The molecule has 2 aromatic carbocycles. The molecular weight excluding hydrogens is 288 g/mol. The van der Waals surface area contributed by atoms with Crippen molar-refractivity contribution in [2.75, 3.05) is 20.6 Å². The normalized spacial score (nSPS) is 12.0. The zero-order valence-corrected chi connectivity index (χ0v) is 14.0. The van der Waals surface area contributed by atoms with Crippen LogP contribution in [0.4, 0.5) is 4.79 Å². The summed E-state index contributed by atoms with van der Waals surface area (Å²) in [6, 6.07) is 17.9. The van der Waals surface area contributed by atoms with E-state index in [-0.39, 0.29) is 6.04 Å². The van der Waals surface area contributed by atoms with Gasteiger partial charge in [-0.2, -0.15) is 0 Å². The summed E-state index contributed by atoms with van der Waals surface area (Å²) in [5, 5.41) is 2.78. The largest absolute Gasteiger partial charge is 0.412 e. The van der Waals surface area contributed by atoms with Crippen molar-refractivity contribution in [3.8, 4) is 5.75 Å². The molecule has 0 aliphatic carbocycles. The van der Waals surface area contributed by atoms with Crippen LogP contribution in [0.3, 0.4) is 0 Å². The van der Waals surface area contributed by atoms with Gasteiger partial charge in [-0.3, -0.25) is 0 Å². The Hall–Kier alpha value is -2.33. The molecule has 1 amide bonds. The Labute approximate surface area is 138 Å². The van der Waals surface area contributed by atoms with Gasteiger partial charge in [-0.15, -0.1) is 0 Å². The van der Waals surface area contributed by atoms with Crippen LogP contribution < -0.4 is 10.1 Å². The number of carbonyl (C=O) groups is 1. The highest BCUT2D eigenvalue weighted by atomic mass is 16.6. The number of hydrogen-bond acceptors (Lipinski definition) is 3. The fourth-order valence-corrected chi connectivity index (χ4v) is 2.23. The molecule has 0 fully saturated rings. The number of carbonyl (C=O) groups excluding carboxylic acids is 1.